The molecule has 4 aromatic rings. The van der Waals surface area contributed by atoms with E-state index in [1.165, 1.54) is 21.9 Å². The van der Waals surface area contributed by atoms with Crippen LogP contribution in [0, 0.1) is 0 Å². The number of aliphatic hydroxyl groups excluding tert-OH is 1. The van der Waals surface area contributed by atoms with Crippen LogP contribution in [0.25, 0.3) is 5.82 Å². The molecule has 4 rings (SSSR count). The molecule has 2 heterocycles. The van der Waals surface area contributed by atoms with Crippen molar-refractivity contribution in [2.45, 2.75) is 31.9 Å². The monoisotopic (exact) mass is 430 g/mol. The second-order valence-electron chi connectivity index (χ2n) is 8.16. The summed E-state index contributed by atoms with van der Waals surface area (Å²) in [7, 11) is 0. The largest absolute Gasteiger partial charge is 0.491 e. The van der Waals surface area contributed by atoms with E-state index in [1.807, 2.05) is 42.5 Å². The molecule has 1 atom stereocenters. The van der Waals surface area contributed by atoms with Gasteiger partial charge in [-0.25, -0.2) is 9.67 Å². The third-order valence-electron chi connectivity index (χ3n) is 5.52. The van der Waals surface area contributed by atoms with Crippen molar-refractivity contribution < 1.29 is 9.84 Å². The zero-order chi connectivity index (χ0) is 22.6. The van der Waals surface area contributed by atoms with Gasteiger partial charge < -0.3 is 9.84 Å². The fraction of sp³-hybridized carbons (Fsp3) is 0.240. The molecule has 0 bridgehead atoms. The number of benzene rings is 2. The topological polar surface area (TPSA) is 82.2 Å². The molecule has 2 aromatic carbocycles. The van der Waals surface area contributed by atoms with E-state index in [0.717, 1.165) is 0 Å². The first kappa shape index (κ1) is 21.5. The van der Waals surface area contributed by atoms with Crippen LogP contribution in [0.2, 0.25) is 0 Å². The highest BCUT2D eigenvalue weighted by Crippen LogP contribution is 2.32. The number of ether oxygens (including phenoxy) is 1. The van der Waals surface area contributed by atoms with Gasteiger partial charge in [-0.15, -0.1) is 0 Å². The van der Waals surface area contributed by atoms with Crippen molar-refractivity contribution in [2.75, 3.05) is 6.61 Å². The fourth-order valence-corrected chi connectivity index (χ4v) is 3.54. The lowest BCUT2D eigenvalue weighted by molar-refractivity contribution is 0.0879. The van der Waals surface area contributed by atoms with Crippen molar-refractivity contribution in [1.82, 2.24) is 19.3 Å². The Bertz CT molecular complexity index is 1200. The van der Waals surface area contributed by atoms with Gasteiger partial charge in [0, 0.05) is 23.9 Å². The Morgan fingerprint density at radius 3 is 2.41 bits per heavy atom. The van der Waals surface area contributed by atoms with Gasteiger partial charge in [-0.1, -0.05) is 56.3 Å². The van der Waals surface area contributed by atoms with E-state index < -0.39 is 6.10 Å². The number of aliphatic hydroxyl groups is 1. The van der Waals surface area contributed by atoms with E-state index in [0.29, 0.717) is 11.6 Å². The van der Waals surface area contributed by atoms with Crippen molar-refractivity contribution in [3.63, 3.8) is 0 Å². The van der Waals surface area contributed by atoms with Crippen molar-refractivity contribution in [1.29, 1.82) is 0 Å². The average Bonchev–Trinajstić information content (AvgIpc) is 3.35. The Morgan fingerprint density at radius 1 is 1.00 bits per heavy atom. The first-order valence-corrected chi connectivity index (χ1v) is 10.5. The number of hydrogen-bond donors (Lipinski definition) is 1. The third-order valence-corrected chi connectivity index (χ3v) is 5.52. The summed E-state index contributed by atoms with van der Waals surface area (Å²) in [6.07, 6.45) is 4.07. The summed E-state index contributed by atoms with van der Waals surface area (Å²) in [5.74, 6) is 1.20. The van der Waals surface area contributed by atoms with Crippen LogP contribution in [0.1, 0.15) is 25.0 Å². The van der Waals surface area contributed by atoms with Gasteiger partial charge >= 0.3 is 0 Å². The summed E-state index contributed by atoms with van der Waals surface area (Å²) in [5, 5.41) is 14.7. The highest BCUT2D eigenvalue weighted by Gasteiger charge is 2.22. The van der Waals surface area contributed by atoms with Crippen LogP contribution in [0.5, 0.6) is 5.75 Å². The van der Waals surface area contributed by atoms with Crippen LogP contribution in [0.4, 0.5) is 0 Å². The van der Waals surface area contributed by atoms with E-state index in [1.54, 1.807) is 29.4 Å². The Kier molecular flexibility index (Phi) is 6.18. The standard InChI is InChI=1S/C25H26N4O3/c1-25(2,19-6-4-3-5-7-19)20-8-10-22(11-9-20)32-17-21(30)16-29-24(31)13-12-23(27-29)28-15-14-26-18-28/h3-15,18,21,30H,16-17H2,1-2H3/t21-/m1/s1. The van der Waals surface area contributed by atoms with Crippen LogP contribution in [0.15, 0.2) is 90.2 Å². The molecule has 0 aliphatic carbocycles. The van der Waals surface area contributed by atoms with Crippen LogP contribution < -0.4 is 10.3 Å². The Hall–Kier alpha value is -3.71. The molecule has 0 fully saturated rings. The van der Waals surface area contributed by atoms with Crippen molar-refractivity contribution in [3.05, 3.63) is 107 Å². The maximum Gasteiger partial charge on any atom is 0.266 e. The minimum Gasteiger partial charge on any atom is -0.491 e. The molecule has 0 radical (unpaired) electrons. The van der Waals surface area contributed by atoms with Crippen molar-refractivity contribution in [2.24, 2.45) is 0 Å². The third kappa shape index (κ3) is 4.78. The lowest BCUT2D eigenvalue weighted by Gasteiger charge is -2.26. The summed E-state index contributed by atoms with van der Waals surface area (Å²) in [6, 6.07) is 21.3. The minimum atomic E-state index is -0.890. The van der Waals surface area contributed by atoms with E-state index in [-0.39, 0.29) is 24.1 Å². The smallest absolute Gasteiger partial charge is 0.266 e. The number of aromatic nitrogens is 4. The first-order chi connectivity index (χ1) is 15.4. The molecule has 7 heteroatoms. The summed E-state index contributed by atoms with van der Waals surface area (Å²) in [4.78, 5) is 16.1. The lowest BCUT2D eigenvalue weighted by atomic mass is 9.78. The van der Waals surface area contributed by atoms with Crippen LogP contribution >= 0.6 is 0 Å². The quantitative estimate of drug-likeness (QED) is 0.464. The predicted octanol–water partition coefficient (Wildman–Crippen LogP) is 3.19. The van der Waals surface area contributed by atoms with Crippen LogP contribution in [0.3, 0.4) is 0 Å². The molecular formula is C25H26N4O3. The average molecular weight is 431 g/mol. The van der Waals surface area contributed by atoms with E-state index >= 15 is 0 Å². The lowest BCUT2D eigenvalue weighted by Crippen LogP contribution is -2.32. The summed E-state index contributed by atoms with van der Waals surface area (Å²) >= 11 is 0. The van der Waals surface area contributed by atoms with Gasteiger partial charge in [0.05, 0.1) is 6.54 Å². The Morgan fingerprint density at radius 2 is 1.72 bits per heavy atom. The maximum absolute atomic E-state index is 12.1. The molecule has 0 saturated heterocycles. The molecular weight excluding hydrogens is 404 g/mol. The number of imidazole rings is 1. The zero-order valence-corrected chi connectivity index (χ0v) is 18.1. The molecule has 0 unspecified atom stereocenters. The number of rotatable bonds is 8. The molecule has 0 spiro atoms. The van der Waals surface area contributed by atoms with Crippen LogP contribution in [-0.2, 0) is 12.0 Å². The number of nitrogens with zero attached hydrogens (tertiary/aromatic N) is 4. The molecule has 0 amide bonds. The van der Waals surface area contributed by atoms with E-state index in [2.05, 4.69) is 36.1 Å². The summed E-state index contributed by atoms with van der Waals surface area (Å²) in [5.41, 5.74) is 1.98. The fourth-order valence-electron chi connectivity index (χ4n) is 3.54. The highest BCUT2D eigenvalue weighted by atomic mass is 16.5. The Labute approximate surface area is 186 Å². The molecule has 1 N–H and O–H groups in total. The highest BCUT2D eigenvalue weighted by molar-refractivity contribution is 5.39. The Balaban J connectivity index is 1.38. The van der Waals surface area contributed by atoms with Gasteiger partial charge in [0.15, 0.2) is 5.82 Å². The van der Waals surface area contributed by atoms with E-state index in [9.17, 15) is 9.90 Å². The number of hydrogen-bond acceptors (Lipinski definition) is 5. The molecule has 0 saturated carbocycles. The summed E-state index contributed by atoms with van der Waals surface area (Å²) < 4.78 is 8.67. The van der Waals surface area contributed by atoms with Gasteiger partial charge in [-0.3, -0.25) is 9.36 Å². The maximum atomic E-state index is 12.1. The predicted molar refractivity (Wildman–Crippen MR) is 122 cm³/mol. The molecule has 2 aromatic heterocycles. The molecule has 0 aliphatic rings. The zero-order valence-electron chi connectivity index (χ0n) is 18.1. The van der Waals surface area contributed by atoms with Gasteiger partial charge in [0.2, 0.25) is 0 Å². The second kappa shape index (κ2) is 9.20. The molecule has 0 aliphatic heterocycles. The first-order valence-electron chi connectivity index (χ1n) is 10.5. The van der Waals surface area contributed by atoms with E-state index in [4.69, 9.17) is 4.74 Å². The van der Waals surface area contributed by atoms with Gasteiger partial charge in [-0.2, -0.15) is 5.10 Å². The second-order valence-corrected chi connectivity index (χ2v) is 8.16. The van der Waals surface area contributed by atoms with Crippen molar-refractivity contribution in [3.8, 4) is 11.6 Å². The van der Waals surface area contributed by atoms with Crippen LogP contribution in [-0.4, -0.2) is 37.1 Å². The molecule has 7 nitrogen and oxygen atoms in total. The van der Waals surface area contributed by atoms with Gasteiger partial charge in [0.1, 0.15) is 24.8 Å². The molecule has 164 valence electrons. The van der Waals surface area contributed by atoms with Gasteiger partial charge in [0.25, 0.3) is 5.56 Å². The minimum absolute atomic E-state index is 0.0283. The SMILES string of the molecule is CC(C)(c1ccccc1)c1ccc(OC[C@H](O)Cn2nc(-n3ccnc3)ccc2=O)cc1. The van der Waals surface area contributed by atoms with Gasteiger partial charge in [-0.05, 0) is 29.3 Å². The molecule has 32 heavy (non-hydrogen) atoms. The summed E-state index contributed by atoms with van der Waals surface area (Å²) in [6.45, 7) is 4.44. The normalized spacial score (nSPS) is 12.5. The van der Waals surface area contributed by atoms with Crippen molar-refractivity contribution >= 4 is 0 Å².